The number of benzene rings is 1. The van der Waals surface area contributed by atoms with Crippen molar-refractivity contribution >= 4 is 37.4 Å². The minimum absolute atomic E-state index is 0.0852. The Morgan fingerprint density at radius 2 is 2.05 bits per heavy atom. The number of nitrogens with zero attached hydrogens (tertiary/aromatic N) is 1. The fraction of sp³-hybridized carbons (Fsp3) is 0.467. The zero-order chi connectivity index (χ0) is 16.2. The van der Waals surface area contributed by atoms with Crippen LogP contribution in [0.5, 0.6) is 0 Å². The van der Waals surface area contributed by atoms with Gasteiger partial charge in [0.1, 0.15) is 0 Å². The molecule has 0 radical (unpaired) electrons. The molecule has 0 bridgehead atoms. The Kier molecular flexibility index (Phi) is 5.74. The highest BCUT2D eigenvalue weighted by atomic mass is 79.9. The van der Waals surface area contributed by atoms with Crippen LogP contribution in [-0.2, 0) is 14.6 Å². The average Bonchev–Trinajstić information content (AvgIpc) is 2.80. The van der Waals surface area contributed by atoms with Crippen LogP contribution in [0.2, 0.25) is 0 Å². The van der Waals surface area contributed by atoms with Gasteiger partial charge in [0.15, 0.2) is 9.84 Å². The zero-order valence-corrected chi connectivity index (χ0v) is 14.8. The Morgan fingerprint density at radius 1 is 1.36 bits per heavy atom. The molecule has 1 aliphatic heterocycles. The van der Waals surface area contributed by atoms with E-state index in [1.54, 1.807) is 0 Å². The second-order valence-electron chi connectivity index (χ2n) is 5.43. The summed E-state index contributed by atoms with van der Waals surface area (Å²) in [5, 5.41) is 4.17. The number of hydrogen-bond acceptors (Lipinski definition) is 4. The van der Waals surface area contributed by atoms with Crippen molar-refractivity contribution in [1.29, 1.82) is 0 Å². The molecule has 1 atom stereocenters. The third-order valence-corrected chi connectivity index (χ3v) is 5.99. The largest absolute Gasteiger partial charge is 0.273 e. The molecule has 1 fully saturated rings. The highest BCUT2D eigenvalue weighted by Crippen LogP contribution is 2.21. The Hall–Kier alpha value is -1.21. The van der Waals surface area contributed by atoms with Gasteiger partial charge in [-0.3, -0.25) is 4.79 Å². The van der Waals surface area contributed by atoms with E-state index < -0.39 is 9.84 Å². The number of carbonyl (C=O) groups is 1. The molecule has 120 valence electrons. The normalized spacial score (nSPS) is 20.8. The molecule has 1 amide bonds. The van der Waals surface area contributed by atoms with Crippen LogP contribution < -0.4 is 5.43 Å². The fourth-order valence-electron chi connectivity index (χ4n) is 2.46. The van der Waals surface area contributed by atoms with Gasteiger partial charge in [0, 0.05) is 10.9 Å². The van der Waals surface area contributed by atoms with Gasteiger partial charge in [0.25, 0.3) is 0 Å². The highest BCUT2D eigenvalue weighted by molar-refractivity contribution is 9.10. The summed E-state index contributed by atoms with van der Waals surface area (Å²) >= 11 is 3.38. The number of hydrogen-bond donors (Lipinski definition) is 1. The molecule has 1 saturated heterocycles. The lowest BCUT2D eigenvalue weighted by atomic mass is 10.1. The van der Waals surface area contributed by atoms with E-state index in [1.165, 1.54) is 0 Å². The van der Waals surface area contributed by atoms with Gasteiger partial charge in [-0.1, -0.05) is 35.0 Å². The number of halogens is 1. The fourth-order valence-corrected chi connectivity index (χ4v) is 4.59. The van der Waals surface area contributed by atoms with E-state index in [9.17, 15) is 13.2 Å². The van der Waals surface area contributed by atoms with Crippen molar-refractivity contribution in [2.24, 2.45) is 11.0 Å². The van der Waals surface area contributed by atoms with Crippen LogP contribution in [0.4, 0.5) is 0 Å². The molecule has 0 aromatic heterocycles. The Balaban J connectivity index is 1.94. The van der Waals surface area contributed by atoms with Crippen molar-refractivity contribution in [3.63, 3.8) is 0 Å². The molecule has 1 aromatic rings. The summed E-state index contributed by atoms with van der Waals surface area (Å²) in [7, 11) is -2.94. The lowest BCUT2D eigenvalue weighted by Gasteiger charge is -2.08. The molecule has 0 aliphatic carbocycles. The maximum atomic E-state index is 11.9. The van der Waals surface area contributed by atoms with E-state index >= 15 is 0 Å². The minimum atomic E-state index is -2.94. The standard InChI is InChI=1S/C15H19BrN2O3S/c1-2-14(12-3-5-13(16)6-4-12)17-18-15(19)9-11-7-8-22(20,21)10-11/h3-6,11H,2,7-10H2,1H3,(H,18,19)/b17-14-/t11-/m1/s1. The van der Waals surface area contributed by atoms with Crippen LogP contribution in [-0.4, -0.2) is 31.5 Å². The third-order valence-electron chi connectivity index (χ3n) is 3.63. The van der Waals surface area contributed by atoms with Gasteiger partial charge in [-0.05, 0) is 36.5 Å². The van der Waals surface area contributed by atoms with Crippen molar-refractivity contribution in [3.05, 3.63) is 34.3 Å². The van der Waals surface area contributed by atoms with E-state index in [-0.39, 0.29) is 29.8 Å². The molecule has 1 aliphatic rings. The van der Waals surface area contributed by atoms with Crippen LogP contribution in [0.25, 0.3) is 0 Å². The zero-order valence-electron chi connectivity index (χ0n) is 12.4. The van der Waals surface area contributed by atoms with Gasteiger partial charge < -0.3 is 0 Å². The first kappa shape index (κ1) is 17.1. The molecule has 1 aromatic carbocycles. The van der Waals surface area contributed by atoms with Crippen molar-refractivity contribution < 1.29 is 13.2 Å². The number of nitrogens with one attached hydrogen (secondary N) is 1. The lowest BCUT2D eigenvalue weighted by Crippen LogP contribution is -2.23. The molecule has 1 N–H and O–H groups in total. The molecule has 22 heavy (non-hydrogen) atoms. The van der Waals surface area contributed by atoms with Crippen molar-refractivity contribution in [2.75, 3.05) is 11.5 Å². The summed E-state index contributed by atoms with van der Waals surface area (Å²) in [5.41, 5.74) is 4.29. The average molecular weight is 387 g/mol. The number of rotatable bonds is 5. The van der Waals surface area contributed by atoms with Crippen molar-refractivity contribution in [3.8, 4) is 0 Å². The maximum Gasteiger partial charge on any atom is 0.240 e. The molecule has 5 nitrogen and oxygen atoms in total. The van der Waals surface area contributed by atoms with Gasteiger partial charge in [0.05, 0.1) is 17.2 Å². The number of hydrazone groups is 1. The van der Waals surface area contributed by atoms with Gasteiger partial charge in [-0.15, -0.1) is 0 Å². The molecular formula is C15H19BrN2O3S. The number of amides is 1. The third kappa shape index (κ3) is 4.91. The Labute approximate surface area is 139 Å². The predicted octanol–water partition coefficient (Wildman–Crippen LogP) is 2.50. The highest BCUT2D eigenvalue weighted by Gasteiger charge is 2.29. The maximum absolute atomic E-state index is 11.9. The van der Waals surface area contributed by atoms with Crippen LogP contribution in [0.1, 0.15) is 31.7 Å². The molecule has 7 heteroatoms. The van der Waals surface area contributed by atoms with Gasteiger partial charge in [-0.2, -0.15) is 5.10 Å². The predicted molar refractivity (Wildman–Crippen MR) is 90.5 cm³/mol. The molecular weight excluding hydrogens is 368 g/mol. The van der Waals surface area contributed by atoms with E-state index in [2.05, 4.69) is 26.5 Å². The first-order valence-corrected chi connectivity index (χ1v) is 9.83. The first-order valence-electron chi connectivity index (χ1n) is 7.21. The second-order valence-corrected chi connectivity index (χ2v) is 8.57. The molecule has 2 rings (SSSR count). The Bertz CT molecular complexity index is 669. The van der Waals surface area contributed by atoms with Gasteiger partial charge >= 0.3 is 0 Å². The smallest absolute Gasteiger partial charge is 0.240 e. The van der Waals surface area contributed by atoms with Crippen LogP contribution in [0.3, 0.4) is 0 Å². The summed E-state index contributed by atoms with van der Waals surface area (Å²) in [5.74, 6) is -0.0201. The van der Waals surface area contributed by atoms with E-state index in [0.717, 1.165) is 15.7 Å². The number of carbonyl (C=O) groups excluding carboxylic acids is 1. The topological polar surface area (TPSA) is 75.6 Å². The molecule has 0 saturated carbocycles. The first-order chi connectivity index (χ1) is 10.4. The van der Waals surface area contributed by atoms with Crippen LogP contribution >= 0.6 is 15.9 Å². The molecule has 1 heterocycles. The van der Waals surface area contributed by atoms with Crippen LogP contribution in [0.15, 0.2) is 33.8 Å². The van der Waals surface area contributed by atoms with Crippen LogP contribution in [0, 0.1) is 5.92 Å². The Morgan fingerprint density at radius 3 is 2.59 bits per heavy atom. The van der Waals surface area contributed by atoms with Crippen molar-refractivity contribution in [1.82, 2.24) is 5.43 Å². The van der Waals surface area contributed by atoms with E-state index in [1.807, 2.05) is 31.2 Å². The summed E-state index contributed by atoms with van der Waals surface area (Å²) in [6, 6.07) is 7.71. The molecule has 0 unspecified atom stereocenters. The summed E-state index contributed by atoms with van der Waals surface area (Å²) in [6.07, 6.45) is 1.46. The quantitative estimate of drug-likeness (QED) is 0.623. The lowest BCUT2D eigenvalue weighted by molar-refractivity contribution is -0.121. The van der Waals surface area contributed by atoms with E-state index in [0.29, 0.717) is 12.8 Å². The van der Waals surface area contributed by atoms with Crippen molar-refractivity contribution in [2.45, 2.75) is 26.2 Å². The second kappa shape index (κ2) is 7.37. The summed E-state index contributed by atoms with van der Waals surface area (Å²) in [4.78, 5) is 11.9. The number of sulfone groups is 1. The molecule has 0 spiro atoms. The van der Waals surface area contributed by atoms with Gasteiger partial charge in [0.2, 0.25) is 5.91 Å². The summed E-state index contributed by atoms with van der Waals surface area (Å²) in [6.45, 7) is 1.97. The van der Waals surface area contributed by atoms with Gasteiger partial charge in [-0.25, -0.2) is 13.8 Å². The monoisotopic (exact) mass is 386 g/mol. The van der Waals surface area contributed by atoms with E-state index in [4.69, 9.17) is 0 Å². The summed E-state index contributed by atoms with van der Waals surface area (Å²) < 4.78 is 23.8. The minimum Gasteiger partial charge on any atom is -0.273 e. The SMILES string of the molecule is CC/C(=N/NC(=O)C[C@H]1CCS(=O)(=O)C1)c1ccc(Br)cc1.